The summed E-state index contributed by atoms with van der Waals surface area (Å²) in [4.78, 5) is 25.5. The lowest BCUT2D eigenvalue weighted by Crippen LogP contribution is -2.23. The van der Waals surface area contributed by atoms with Gasteiger partial charge in [0.1, 0.15) is 17.8 Å². The van der Waals surface area contributed by atoms with Crippen molar-refractivity contribution < 1.29 is 9.32 Å². The van der Waals surface area contributed by atoms with Crippen molar-refractivity contribution in [3.05, 3.63) is 77.8 Å². The second kappa shape index (κ2) is 9.13. The lowest BCUT2D eigenvalue weighted by atomic mass is 10.0. The van der Waals surface area contributed by atoms with E-state index in [0.717, 1.165) is 11.1 Å². The van der Waals surface area contributed by atoms with Crippen LogP contribution in [0, 0.1) is 0 Å². The fourth-order valence-electron chi connectivity index (χ4n) is 3.11. The summed E-state index contributed by atoms with van der Waals surface area (Å²) in [6, 6.07) is 11.9. The van der Waals surface area contributed by atoms with Gasteiger partial charge in [-0.1, -0.05) is 57.1 Å². The number of nitrogens with zero attached hydrogens (tertiary/aromatic N) is 5. The number of rotatable bonds is 7. The molecule has 0 spiro atoms. The molecule has 0 saturated heterocycles. The summed E-state index contributed by atoms with van der Waals surface area (Å²) in [6.45, 7) is 8.77. The summed E-state index contributed by atoms with van der Waals surface area (Å²) in [7, 11) is 0. The van der Waals surface area contributed by atoms with Crippen LogP contribution in [0.1, 0.15) is 67.0 Å². The maximum absolute atomic E-state index is 12.5. The summed E-state index contributed by atoms with van der Waals surface area (Å²) >= 11 is 0. The van der Waals surface area contributed by atoms with Crippen molar-refractivity contribution in [2.24, 2.45) is 0 Å². The second-order valence-corrected chi connectivity index (χ2v) is 8.26. The smallest absolute Gasteiger partial charge is 0.271 e. The van der Waals surface area contributed by atoms with Gasteiger partial charge < -0.3 is 9.84 Å². The maximum atomic E-state index is 12.5. The minimum Gasteiger partial charge on any atom is -0.347 e. The summed E-state index contributed by atoms with van der Waals surface area (Å²) in [5.74, 6) is 2.16. The van der Waals surface area contributed by atoms with E-state index in [4.69, 9.17) is 4.52 Å². The van der Waals surface area contributed by atoms with E-state index in [1.165, 1.54) is 5.56 Å². The van der Waals surface area contributed by atoms with Gasteiger partial charge >= 0.3 is 0 Å². The number of amides is 1. The number of carbonyl (C=O) groups excluding carboxylic acids is 1. The number of benzene rings is 1. The first-order valence-corrected chi connectivity index (χ1v) is 10.6. The topological polar surface area (TPSA) is 98.7 Å². The lowest BCUT2D eigenvalue weighted by Gasteiger charge is -2.07. The molecule has 0 unspecified atom stereocenters. The van der Waals surface area contributed by atoms with Crippen LogP contribution in [0.3, 0.4) is 0 Å². The van der Waals surface area contributed by atoms with E-state index >= 15 is 0 Å². The molecule has 0 radical (unpaired) electrons. The van der Waals surface area contributed by atoms with Crippen LogP contribution < -0.4 is 5.32 Å². The minimum atomic E-state index is -0.236. The molecule has 3 heterocycles. The zero-order valence-electron chi connectivity index (χ0n) is 18.6. The summed E-state index contributed by atoms with van der Waals surface area (Å²) < 4.78 is 7.00. The van der Waals surface area contributed by atoms with Gasteiger partial charge in [0.2, 0.25) is 0 Å². The van der Waals surface area contributed by atoms with E-state index in [9.17, 15) is 4.79 Å². The Kier molecular flexibility index (Phi) is 6.11. The zero-order chi connectivity index (χ0) is 22.7. The first-order valence-electron chi connectivity index (χ1n) is 10.6. The standard InChI is InChI=1S/C24H26N6O2/c1-15(2)18-7-5-17(6-8-18)11-26-23(31)20-13-30(14-27-20)21-10-9-19(12-25-21)24-28-22(16(3)4)29-32-24/h5-10,12-16H,11H2,1-4H3,(H,26,31). The van der Waals surface area contributed by atoms with Crippen LogP contribution in [0.25, 0.3) is 17.3 Å². The summed E-state index contributed by atoms with van der Waals surface area (Å²) in [5, 5.41) is 6.88. The molecule has 0 aliphatic rings. The third-order valence-corrected chi connectivity index (χ3v) is 5.13. The van der Waals surface area contributed by atoms with E-state index in [-0.39, 0.29) is 11.8 Å². The predicted octanol–water partition coefficient (Wildman–Crippen LogP) is 4.49. The van der Waals surface area contributed by atoms with Crippen molar-refractivity contribution in [2.45, 2.75) is 46.1 Å². The largest absolute Gasteiger partial charge is 0.347 e. The third kappa shape index (κ3) is 4.74. The van der Waals surface area contributed by atoms with E-state index < -0.39 is 0 Å². The van der Waals surface area contributed by atoms with E-state index in [0.29, 0.717) is 35.7 Å². The van der Waals surface area contributed by atoms with Crippen molar-refractivity contribution >= 4 is 5.91 Å². The van der Waals surface area contributed by atoms with Crippen LogP contribution in [-0.2, 0) is 6.54 Å². The average Bonchev–Trinajstić information content (AvgIpc) is 3.48. The maximum Gasteiger partial charge on any atom is 0.271 e. The third-order valence-electron chi connectivity index (χ3n) is 5.13. The number of carbonyl (C=O) groups is 1. The van der Waals surface area contributed by atoms with Gasteiger partial charge in [0.25, 0.3) is 11.8 Å². The van der Waals surface area contributed by atoms with Crippen molar-refractivity contribution in [2.75, 3.05) is 0 Å². The van der Waals surface area contributed by atoms with Crippen molar-refractivity contribution in [3.8, 4) is 17.3 Å². The Bertz CT molecular complexity index is 1190. The van der Waals surface area contributed by atoms with Crippen LogP contribution in [-0.4, -0.2) is 30.6 Å². The molecule has 1 N–H and O–H groups in total. The minimum absolute atomic E-state index is 0.189. The Morgan fingerprint density at radius 3 is 2.44 bits per heavy atom. The molecule has 0 aliphatic heterocycles. The Balaban J connectivity index is 1.39. The van der Waals surface area contributed by atoms with E-state index in [1.807, 2.05) is 38.1 Å². The highest BCUT2D eigenvalue weighted by molar-refractivity contribution is 5.92. The number of pyridine rings is 1. The fraction of sp³-hybridized carbons (Fsp3) is 0.292. The van der Waals surface area contributed by atoms with E-state index in [1.54, 1.807) is 23.3 Å². The van der Waals surface area contributed by atoms with Gasteiger partial charge in [0.15, 0.2) is 5.82 Å². The van der Waals surface area contributed by atoms with Crippen LogP contribution in [0.4, 0.5) is 0 Å². The zero-order valence-corrected chi connectivity index (χ0v) is 18.6. The fourth-order valence-corrected chi connectivity index (χ4v) is 3.11. The highest BCUT2D eigenvalue weighted by Crippen LogP contribution is 2.20. The summed E-state index contributed by atoms with van der Waals surface area (Å²) in [6.07, 6.45) is 4.88. The molecule has 164 valence electrons. The van der Waals surface area contributed by atoms with Gasteiger partial charge in [-0.25, -0.2) is 9.97 Å². The Labute approximate surface area is 186 Å². The molecular weight excluding hydrogens is 404 g/mol. The number of aromatic nitrogens is 5. The highest BCUT2D eigenvalue weighted by Gasteiger charge is 2.13. The first-order chi connectivity index (χ1) is 15.4. The molecule has 1 aromatic carbocycles. The van der Waals surface area contributed by atoms with Gasteiger partial charge in [0, 0.05) is 24.9 Å². The van der Waals surface area contributed by atoms with Crippen molar-refractivity contribution in [1.29, 1.82) is 0 Å². The molecule has 32 heavy (non-hydrogen) atoms. The van der Waals surface area contributed by atoms with Crippen molar-refractivity contribution in [3.63, 3.8) is 0 Å². The number of hydrogen-bond donors (Lipinski definition) is 1. The molecule has 4 rings (SSSR count). The van der Waals surface area contributed by atoms with Gasteiger partial charge in [-0.3, -0.25) is 9.36 Å². The molecule has 4 aromatic rings. The van der Waals surface area contributed by atoms with Crippen LogP contribution >= 0.6 is 0 Å². The molecule has 0 saturated carbocycles. The second-order valence-electron chi connectivity index (χ2n) is 8.26. The van der Waals surface area contributed by atoms with Gasteiger partial charge in [-0.15, -0.1) is 0 Å². The average molecular weight is 431 g/mol. The lowest BCUT2D eigenvalue weighted by molar-refractivity contribution is 0.0946. The normalized spacial score (nSPS) is 11.3. The quantitative estimate of drug-likeness (QED) is 0.464. The Hall–Kier alpha value is -3.81. The van der Waals surface area contributed by atoms with Crippen LogP contribution in [0.5, 0.6) is 0 Å². The van der Waals surface area contributed by atoms with Crippen LogP contribution in [0.2, 0.25) is 0 Å². The molecule has 0 bridgehead atoms. The molecule has 3 aromatic heterocycles. The number of imidazole rings is 1. The monoisotopic (exact) mass is 430 g/mol. The highest BCUT2D eigenvalue weighted by atomic mass is 16.5. The van der Waals surface area contributed by atoms with Crippen LogP contribution in [0.15, 0.2) is 59.6 Å². The molecule has 0 fully saturated rings. The molecule has 8 nitrogen and oxygen atoms in total. The van der Waals surface area contributed by atoms with Gasteiger partial charge in [-0.2, -0.15) is 4.98 Å². The SMILES string of the molecule is CC(C)c1ccc(CNC(=O)c2cn(-c3ccc(-c4nc(C(C)C)no4)cn3)cn2)cc1. The predicted molar refractivity (Wildman–Crippen MR) is 120 cm³/mol. The first kappa shape index (κ1) is 21.4. The number of nitrogens with one attached hydrogen (secondary N) is 1. The molecule has 8 heteroatoms. The van der Waals surface area contributed by atoms with Crippen molar-refractivity contribution in [1.82, 2.24) is 30.0 Å². The Morgan fingerprint density at radius 2 is 1.81 bits per heavy atom. The number of hydrogen-bond acceptors (Lipinski definition) is 6. The summed E-state index contributed by atoms with van der Waals surface area (Å²) in [5.41, 5.74) is 3.38. The molecular formula is C24H26N6O2. The Morgan fingerprint density at radius 1 is 1.03 bits per heavy atom. The molecule has 0 atom stereocenters. The molecule has 0 aliphatic carbocycles. The van der Waals surface area contributed by atoms with E-state index in [2.05, 4.69) is 51.4 Å². The van der Waals surface area contributed by atoms with Gasteiger partial charge in [0.05, 0.1) is 5.56 Å². The molecule has 1 amide bonds. The van der Waals surface area contributed by atoms with Gasteiger partial charge in [-0.05, 0) is 29.2 Å².